The van der Waals surface area contributed by atoms with E-state index in [2.05, 4.69) is 15.4 Å². The highest BCUT2D eigenvalue weighted by molar-refractivity contribution is 5.47. The van der Waals surface area contributed by atoms with Crippen LogP contribution in [0.4, 0.5) is 14.6 Å². The molecule has 0 bridgehead atoms. The summed E-state index contributed by atoms with van der Waals surface area (Å²) in [5.41, 5.74) is -0.512. The first kappa shape index (κ1) is 18.6. The molecule has 1 N–H and O–H groups in total. The van der Waals surface area contributed by atoms with E-state index in [9.17, 15) is 13.6 Å². The molecule has 1 fully saturated rings. The van der Waals surface area contributed by atoms with Gasteiger partial charge in [0, 0.05) is 13.1 Å². The second-order valence-electron chi connectivity index (χ2n) is 7.38. The van der Waals surface area contributed by atoms with Crippen LogP contribution in [0.1, 0.15) is 5.56 Å². The van der Waals surface area contributed by atoms with Crippen LogP contribution in [-0.2, 0) is 24.9 Å². The molecule has 1 saturated heterocycles. The Balaban J connectivity index is 1.31. The van der Waals surface area contributed by atoms with Gasteiger partial charge in [-0.3, -0.25) is 9.25 Å². The largest absolute Gasteiger partial charge is 0.473 e. The minimum absolute atomic E-state index is 0.0625. The zero-order chi connectivity index (χ0) is 20.9. The second kappa shape index (κ2) is 6.80. The number of benzene rings is 1. The Hall–Kier alpha value is -3.47. The average molecular weight is 417 g/mol. The summed E-state index contributed by atoms with van der Waals surface area (Å²) in [6, 6.07) is 3.79. The second-order valence-corrected chi connectivity index (χ2v) is 7.38. The molecule has 0 saturated carbocycles. The van der Waals surface area contributed by atoms with Gasteiger partial charge in [0.15, 0.2) is 23.1 Å². The van der Waals surface area contributed by atoms with E-state index >= 15 is 0 Å². The third-order valence-electron chi connectivity index (χ3n) is 4.94. The molecular formula is C19H17F2N5O4. The van der Waals surface area contributed by atoms with Crippen molar-refractivity contribution < 1.29 is 23.0 Å². The fourth-order valence-electron chi connectivity index (χ4n) is 3.46. The lowest BCUT2D eigenvalue weighted by molar-refractivity contribution is -0.0432. The standard InChI is InChI=1S/C19H17F2N5O4/c1-25-6-12(5-22-25)30-17-13(20)2-11(3-14(17)21)7-29-16-4-15-24-19(9-28-10-19)8-26(15)18(27)23-16/h2-6,24H,7-10H2,1H3. The Kier molecular flexibility index (Phi) is 4.21. The Morgan fingerprint density at radius 3 is 2.67 bits per heavy atom. The number of hydrogen-bond acceptors (Lipinski definition) is 7. The summed E-state index contributed by atoms with van der Waals surface area (Å²) in [5, 5.41) is 7.13. The normalized spacial score (nSPS) is 16.1. The molecule has 0 aliphatic carbocycles. The highest BCUT2D eigenvalue weighted by atomic mass is 19.1. The zero-order valence-corrected chi connectivity index (χ0v) is 15.9. The van der Waals surface area contributed by atoms with E-state index in [1.54, 1.807) is 13.1 Å². The SMILES string of the molecule is Cn1cc(Oc2c(F)cc(COc3cc4n(c(=O)n3)CC3(COC3)N4)cc2F)cn1. The molecule has 1 spiro atoms. The number of anilines is 1. The minimum atomic E-state index is -0.881. The molecule has 30 heavy (non-hydrogen) atoms. The molecule has 2 aliphatic rings. The summed E-state index contributed by atoms with van der Waals surface area (Å²) in [7, 11) is 1.66. The van der Waals surface area contributed by atoms with Gasteiger partial charge in [0.1, 0.15) is 18.0 Å². The summed E-state index contributed by atoms with van der Waals surface area (Å²) in [6.07, 6.45) is 2.84. The third-order valence-corrected chi connectivity index (χ3v) is 4.94. The monoisotopic (exact) mass is 417 g/mol. The molecule has 2 aliphatic heterocycles. The quantitative estimate of drug-likeness (QED) is 0.677. The van der Waals surface area contributed by atoms with Crippen LogP contribution in [0, 0.1) is 11.6 Å². The number of aryl methyl sites for hydroxylation is 1. The van der Waals surface area contributed by atoms with E-state index in [0.717, 1.165) is 12.1 Å². The summed E-state index contributed by atoms with van der Waals surface area (Å²) >= 11 is 0. The van der Waals surface area contributed by atoms with Gasteiger partial charge in [-0.15, -0.1) is 0 Å². The third kappa shape index (κ3) is 3.26. The van der Waals surface area contributed by atoms with E-state index in [-0.39, 0.29) is 29.3 Å². The summed E-state index contributed by atoms with van der Waals surface area (Å²) in [5.74, 6) is -1.44. The molecule has 5 rings (SSSR count). The van der Waals surface area contributed by atoms with Gasteiger partial charge in [0.2, 0.25) is 5.88 Å². The smallest absolute Gasteiger partial charge is 0.352 e. The molecule has 9 nitrogen and oxygen atoms in total. The topological polar surface area (TPSA) is 92.4 Å². The maximum atomic E-state index is 14.4. The molecule has 0 unspecified atom stereocenters. The predicted molar refractivity (Wildman–Crippen MR) is 99.6 cm³/mol. The lowest BCUT2D eigenvalue weighted by Crippen LogP contribution is -2.55. The first-order valence-electron chi connectivity index (χ1n) is 9.16. The van der Waals surface area contributed by atoms with Crippen molar-refractivity contribution in [2.45, 2.75) is 18.7 Å². The van der Waals surface area contributed by atoms with Crippen molar-refractivity contribution >= 4 is 5.82 Å². The Morgan fingerprint density at radius 1 is 1.27 bits per heavy atom. The lowest BCUT2D eigenvalue weighted by atomic mass is 9.99. The highest BCUT2D eigenvalue weighted by Crippen LogP contribution is 2.32. The number of ether oxygens (including phenoxy) is 3. The van der Waals surface area contributed by atoms with Crippen LogP contribution >= 0.6 is 0 Å². The predicted octanol–water partition coefficient (Wildman–Crippen LogP) is 1.82. The first-order chi connectivity index (χ1) is 14.4. The minimum Gasteiger partial charge on any atom is -0.473 e. The molecule has 3 aromatic rings. The van der Waals surface area contributed by atoms with Crippen molar-refractivity contribution in [1.29, 1.82) is 0 Å². The number of rotatable bonds is 5. The van der Waals surface area contributed by atoms with Crippen molar-refractivity contribution in [3.8, 4) is 17.4 Å². The van der Waals surface area contributed by atoms with Crippen molar-refractivity contribution in [3.63, 3.8) is 0 Å². The van der Waals surface area contributed by atoms with Gasteiger partial charge in [-0.05, 0) is 17.7 Å². The van der Waals surface area contributed by atoms with Crippen LogP contribution in [0.15, 0.2) is 35.4 Å². The first-order valence-corrected chi connectivity index (χ1v) is 9.16. The Bertz CT molecular complexity index is 1160. The number of halogens is 2. The van der Waals surface area contributed by atoms with Crippen LogP contribution in [0.25, 0.3) is 0 Å². The van der Waals surface area contributed by atoms with Crippen molar-refractivity contribution in [1.82, 2.24) is 19.3 Å². The molecule has 1 aromatic carbocycles. The molecule has 11 heteroatoms. The van der Waals surface area contributed by atoms with Crippen molar-refractivity contribution in [3.05, 3.63) is 58.3 Å². The molecular weight excluding hydrogens is 400 g/mol. The van der Waals surface area contributed by atoms with Crippen LogP contribution in [0.2, 0.25) is 0 Å². The number of hydrogen-bond donors (Lipinski definition) is 1. The van der Waals surface area contributed by atoms with Crippen molar-refractivity contribution in [2.24, 2.45) is 7.05 Å². The van der Waals surface area contributed by atoms with E-state index in [1.165, 1.54) is 21.6 Å². The fourth-order valence-corrected chi connectivity index (χ4v) is 3.46. The van der Waals surface area contributed by atoms with Gasteiger partial charge >= 0.3 is 5.69 Å². The van der Waals surface area contributed by atoms with Crippen LogP contribution in [0.3, 0.4) is 0 Å². The molecule has 156 valence electrons. The van der Waals surface area contributed by atoms with E-state index < -0.39 is 23.1 Å². The van der Waals surface area contributed by atoms with Gasteiger partial charge in [-0.1, -0.05) is 0 Å². The Labute approximate surface area is 168 Å². The molecule has 4 heterocycles. The highest BCUT2D eigenvalue weighted by Gasteiger charge is 2.44. The van der Waals surface area contributed by atoms with Gasteiger partial charge < -0.3 is 19.5 Å². The molecule has 0 atom stereocenters. The van der Waals surface area contributed by atoms with Crippen LogP contribution in [0.5, 0.6) is 17.4 Å². The van der Waals surface area contributed by atoms with Crippen LogP contribution in [-0.4, -0.2) is 38.1 Å². The van der Waals surface area contributed by atoms with Gasteiger partial charge in [-0.25, -0.2) is 13.6 Å². The van der Waals surface area contributed by atoms with E-state index in [1.807, 2.05) is 0 Å². The zero-order valence-electron chi connectivity index (χ0n) is 15.9. The number of nitrogens with one attached hydrogen (secondary N) is 1. The maximum Gasteiger partial charge on any atom is 0.352 e. The van der Waals surface area contributed by atoms with E-state index in [4.69, 9.17) is 14.2 Å². The molecule has 2 aromatic heterocycles. The fraction of sp³-hybridized carbons (Fsp3) is 0.316. The maximum absolute atomic E-state index is 14.4. The lowest BCUT2D eigenvalue weighted by Gasteiger charge is -2.37. The summed E-state index contributed by atoms with van der Waals surface area (Å²) in [6.45, 7) is 1.32. The van der Waals surface area contributed by atoms with Crippen molar-refractivity contribution in [2.75, 3.05) is 18.5 Å². The molecule has 0 amide bonds. The summed E-state index contributed by atoms with van der Waals surface area (Å²) < 4.78 is 47.7. The van der Waals surface area contributed by atoms with Crippen LogP contribution < -0.4 is 20.5 Å². The Morgan fingerprint density at radius 2 is 2.03 bits per heavy atom. The number of aromatic nitrogens is 4. The number of fused-ring (bicyclic) bond motifs is 1. The average Bonchev–Trinajstić information content (AvgIpc) is 3.27. The van der Waals surface area contributed by atoms with Gasteiger partial charge in [0.05, 0.1) is 32.2 Å². The van der Waals surface area contributed by atoms with E-state index in [0.29, 0.717) is 25.6 Å². The molecule has 0 radical (unpaired) electrons. The van der Waals surface area contributed by atoms with Gasteiger partial charge in [-0.2, -0.15) is 10.1 Å². The summed E-state index contributed by atoms with van der Waals surface area (Å²) in [4.78, 5) is 16.1. The number of nitrogens with zero attached hydrogens (tertiary/aromatic N) is 4. The van der Waals surface area contributed by atoms with Gasteiger partial charge in [0.25, 0.3) is 0 Å².